The summed E-state index contributed by atoms with van der Waals surface area (Å²) in [5.74, 6) is -0.0976. The van der Waals surface area contributed by atoms with E-state index >= 15 is 0 Å². The zero-order valence-electron chi connectivity index (χ0n) is 18.2. The topological polar surface area (TPSA) is 70.6 Å². The lowest BCUT2D eigenvalue weighted by molar-refractivity contribution is -0.137. The van der Waals surface area contributed by atoms with Crippen LogP contribution in [0.2, 0.25) is 0 Å². The fourth-order valence-corrected chi connectivity index (χ4v) is 7.37. The molecular weight excluding hydrogens is 461 g/mol. The van der Waals surface area contributed by atoms with E-state index in [4.69, 9.17) is 4.98 Å². The van der Waals surface area contributed by atoms with Crippen molar-refractivity contribution in [3.8, 4) is 0 Å². The molecule has 1 aromatic heterocycles. The summed E-state index contributed by atoms with van der Waals surface area (Å²) in [6.07, 6.45) is 2.83. The van der Waals surface area contributed by atoms with Gasteiger partial charge in [-0.3, -0.25) is 4.79 Å². The molecule has 0 spiro atoms. The van der Waals surface area contributed by atoms with Gasteiger partial charge in [0.05, 0.1) is 20.1 Å². The summed E-state index contributed by atoms with van der Waals surface area (Å²) in [4.78, 5) is 19.9. The Balaban J connectivity index is 1.16. The molecule has 2 fully saturated rings. The van der Waals surface area contributed by atoms with Crippen LogP contribution in [0.25, 0.3) is 10.2 Å². The van der Waals surface area contributed by atoms with Crippen molar-refractivity contribution in [2.24, 2.45) is 5.92 Å². The maximum Gasteiger partial charge on any atom is 0.243 e. The fraction of sp³-hybridized carbons (Fsp3) is 0.417. The van der Waals surface area contributed by atoms with Crippen LogP contribution in [-0.4, -0.2) is 54.7 Å². The standard InChI is InChI=1S/C24H26FN3O3S2/c25-19-5-7-20(8-6-19)33(30,31)28-15-11-18(12-16-28)24(29)27-13-9-17(10-14-27)23-26-21-3-1-2-4-22(21)32-23/h1-8,17-18H,9-16H2. The number of carbonyl (C=O) groups is 1. The molecule has 2 saturated heterocycles. The number of hydrogen-bond acceptors (Lipinski definition) is 5. The maximum atomic E-state index is 13.1. The van der Waals surface area contributed by atoms with Crippen LogP contribution in [0.3, 0.4) is 0 Å². The quantitative estimate of drug-likeness (QED) is 0.552. The third-order valence-electron chi connectivity index (χ3n) is 6.72. The molecule has 174 valence electrons. The normalized spacial score (nSPS) is 19.2. The number of thiazole rings is 1. The Kier molecular flexibility index (Phi) is 6.20. The van der Waals surface area contributed by atoms with Crippen molar-refractivity contribution >= 4 is 37.5 Å². The molecule has 0 bridgehead atoms. The Morgan fingerprint density at radius 2 is 1.61 bits per heavy atom. The van der Waals surface area contributed by atoms with Crippen LogP contribution >= 0.6 is 11.3 Å². The highest BCUT2D eigenvalue weighted by molar-refractivity contribution is 7.89. The zero-order chi connectivity index (χ0) is 23.0. The monoisotopic (exact) mass is 487 g/mol. The van der Waals surface area contributed by atoms with Gasteiger partial charge in [-0.15, -0.1) is 11.3 Å². The second kappa shape index (κ2) is 9.12. The number of hydrogen-bond donors (Lipinski definition) is 0. The Labute approximate surface area is 197 Å². The molecule has 2 aromatic carbocycles. The number of halogens is 1. The number of fused-ring (bicyclic) bond motifs is 1. The first-order valence-electron chi connectivity index (χ1n) is 11.3. The van der Waals surface area contributed by atoms with Crippen LogP contribution < -0.4 is 0 Å². The lowest BCUT2D eigenvalue weighted by atomic mass is 9.93. The number of benzene rings is 2. The molecule has 33 heavy (non-hydrogen) atoms. The van der Waals surface area contributed by atoms with Crippen LogP contribution in [0.15, 0.2) is 53.4 Å². The Bertz CT molecular complexity index is 1210. The number of piperidine rings is 2. The van der Waals surface area contributed by atoms with Gasteiger partial charge in [0.15, 0.2) is 0 Å². The number of para-hydroxylation sites is 1. The van der Waals surface area contributed by atoms with Gasteiger partial charge in [-0.2, -0.15) is 4.31 Å². The predicted octanol–water partition coefficient (Wildman–Crippen LogP) is 4.24. The highest BCUT2D eigenvalue weighted by Gasteiger charge is 2.35. The largest absolute Gasteiger partial charge is 0.342 e. The third-order valence-corrected chi connectivity index (χ3v) is 9.83. The molecule has 2 aliphatic rings. The average molecular weight is 488 g/mol. The molecule has 5 rings (SSSR count). The molecular formula is C24H26FN3O3S2. The van der Waals surface area contributed by atoms with Crippen molar-refractivity contribution in [1.82, 2.24) is 14.2 Å². The summed E-state index contributed by atoms with van der Waals surface area (Å²) >= 11 is 1.75. The smallest absolute Gasteiger partial charge is 0.243 e. The number of nitrogens with zero attached hydrogens (tertiary/aromatic N) is 3. The summed E-state index contributed by atoms with van der Waals surface area (Å²) in [5.41, 5.74) is 1.04. The molecule has 0 unspecified atom stereocenters. The van der Waals surface area contributed by atoms with Gasteiger partial charge >= 0.3 is 0 Å². The van der Waals surface area contributed by atoms with E-state index in [0.717, 1.165) is 35.5 Å². The Morgan fingerprint density at radius 1 is 0.939 bits per heavy atom. The molecule has 9 heteroatoms. The SMILES string of the molecule is O=C(C1CCN(S(=O)(=O)c2ccc(F)cc2)CC1)N1CCC(c2nc3ccccc3s2)CC1. The van der Waals surface area contributed by atoms with E-state index in [1.807, 2.05) is 23.1 Å². The second-order valence-electron chi connectivity index (χ2n) is 8.75. The molecule has 1 amide bonds. The van der Waals surface area contributed by atoms with Gasteiger partial charge in [0.2, 0.25) is 15.9 Å². The van der Waals surface area contributed by atoms with E-state index in [1.165, 1.54) is 21.1 Å². The van der Waals surface area contributed by atoms with Crippen LogP contribution in [0.4, 0.5) is 4.39 Å². The summed E-state index contributed by atoms with van der Waals surface area (Å²) in [5, 5.41) is 1.16. The average Bonchev–Trinajstić information content (AvgIpc) is 3.28. The minimum atomic E-state index is -3.67. The minimum Gasteiger partial charge on any atom is -0.342 e. The maximum absolute atomic E-state index is 13.1. The number of sulfonamides is 1. The summed E-state index contributed by atoms with van der Waals surface area (Å²) in [7, 11) is -3.67. The second-order valence-corrected chi connectivity index (χ2v) is 11.8. The molecule has 0 radical (unpaired) electrons. The van der Waals surface area contributed by atoms with Crippen molar-refractivity contribution in [1.29, 1.82) is 0 Å². The van der Waals surface area contributed by atoms with Gasteiger partial charge in [-0.25, -0.2) is 17.8 Å². The van der Waals surface area contributed by atoms with Crippen molar-refractivity contribution in [2.45, 2.75) is 36.5 Å². The van der Waals surface area contributed by atoms with Crippen LogP contribution in [0.1, 0.15) is 36.6 Å². The van der Waals surface area contributed by atoms with Gasteiger partial charge in [0.1, 0.15) is 5.82 Å². The summed E-state index contributed by atoms with van der Waals surface area (Å²) < 4.78 is 41.4. The van der Waals surface area contributed by atoms with Crippen molar-refractivity contribution in [2.75, 3.05) is 26.2 Å². The Hall–Kier alpha value is -2.36. The molecule has 3 heterocycles. The number of likely N-dealkylation sites (tertiary alicyclic amines) is 1. The summed E-state index contributed by atoms with van der Waals surface area (Å²) in [6, 6.07) is 13.1. The zero-order valence-corrected chi connectivity index (χ0v) is 19.8. The van der Waals surface area contributed by atoms with Gasteiger partial charge in [0, 0.05) is 38.0 Å². The first-order chi connectivity index (χ1) is 15.9. The summed E-state index contributed by atoms with van der Waals surface area (Å²) in [6.45, 7) is 2.04. The first-order valence-corrected chi connectivity index (χ1v) is 13.6. The predicted molar refractivity (Wildman–Crippen MR) is 126 cm³/mol. The number of carbonyl (C=O) groups excluding carboxylic acids is 1. The van der Waals surface area contributed by atoms with Crippen molar-refractivity contribution < 1.29 is 17.6 Å². The molecule has 0 saturated carbocycles. The lowest BCUT2D eigenvalue weighted by Crippen LogP contribution is -2.46. The van der Waals surface area contributed by atoms with E-state index in [-0.39, 0.29) is 16.7 Å². The highest BCUT2D eigenvalue weighted by atomic mass is 32.2. The number of amides is 1. The van der Waals surface area contributed by atoms with E-state index in [0.29, 0.717) is 44.9 Å². The number of rotatable bonds is 4. The fourth-order valence-electron chi connectivity index (χ4n) is 4.77. The van der Waals surface area contributed by atoms with Crippen LogP contribution in [-0.2, 0) is 14.8 Å². The Morgan fingerprint density at radius 3 is 2.27 bits per heavy atom. The molecule has 2 aliphatic heterocycles. The number of aromatic nitrogens is 1. The lowest BCUT2D eigenvalue weighted by Gasteiger charge is -2.36. The van der Waals surface area contributed by atoms with Gasteiger partial charge < -0.3 is 4.90 Å². The third kappa shape index (κ3) is 4.54. The highest BCUT2D eigenvalue weighted by Crippen LogP contribution is 2.35. The van der Waals surface area contributed by atoms with Gasteiger partial charge in [0.25, 0.3) is 0 Å². The van der Waals surface area contributed by atoms with E-state index < -0.39 is 15.8 Å². The molecule has 0 atom stereocenters. The first kappa shape index (κ1) is 22.4. The van der Waals surface area contributed by atoms with E-state index in [1.54, 1.807) is 11.3 Å². The van der Waals surface area contributed by atoms with Crippen LogP contribution in [0.5, 0.6) is 0 Å². The molecule has 6 nitrogen and oxygen atoms in total. The van der Waals surface area contributed by atoms with E-state index in [2.05, 4.69) is 6.07 Å². The van der Waals surface area contributed by atoms with Crippen molar-refractivity contribution in [3.05, 3.63) is 59.4 Å². The van der Waals surface area contributed by atoms with Gasteiger partial charge in [-0.05, 0) is 62.1 Å². The van der Waals surface area contributed by atoms with Gasteiger partial charge in [-0.1, -0.05) is 12.1 Å². The molecule has 3 aromatic rings. The van der Waals surface area contributed by atoms with Crippen molar-refractivity contribution in [3.63, 3.8) is 0 Å². The molecule has 0 aliphatic carbocycles. The van der Waals surface area contributed by atoms with Crippen LogP contribution in [0, 0.1) is 11.7 Å². The minimum absolute atomic E-state index is 0.0885. The molecule has 0 N–H and O–H groups in total. The van der Waals surface area contributed by atoms with E-state index in [9.17, 15) is 17.6 Å².